The molecule has 1 aliphatic rings. The highest BCUT2D eigenvalue weighted by Gasteiger charge is 2.22. The molecule has 4 rings (SSSR count). The molecule has 0 atom stereocenters. The van der Waals surface area contributed by atoms with Gasteiger partial charge in [-0.25, -0.2) is 9.78 Å². The number of hydrogen-bond donors (Lipinski definition) is 2. The van der Waals surface area contributed by atoms with E-state index in [2.05, 4.69) is 20.5 Å². The number of methoxy groups -OCH3 is 1. The van der Waals surface area contributed by atoms with Crippen molar-refractivity contribution in [2.24, 2.45) is 0 Å². The fourth-order valence-corrected chi connectivity index (χ4v) is 5.43. The zero-order valence-electron chi connectivity index (χ0n) is 17.9. The molecule has 0 aliphatic carbocycles. The zero-order valence-corrected chi connectivity index (χ0v) is 20.3. The molecule has 0 bridgehead atoms. The number of thiazole rings is 1. The summed E-state index contributed by atoms with van der Waals surface area (Å²) in [4.78, 5) is 45.7. The normalized spacial score (nSPS) is 13.3. The number of rotatable bonds is 6. The highest BCUT2D eigenvalue weighted by molar-refractivity contribution is 7.18. The number of carbonyl (C=O) groups is 3. The Hall–Kier alpha value is -2.79. The lowest BCUT2D eigenvalue weighted by atomic mass is 10.1. The number of carbonyl (C=O) groups excluding carboxylic acids is 3. The molecule has 0 radical (unpaired) electrons. The zero-order chi connectivity index (χ0) is 23.5. The van der Waals surface area contributed by atoms with Gasteiger partial charge in [-0.05, 0) is 36.9 Å². The van der Waals surface area contributed by atoms with Crippen LogP contribution in [-0.4, -0.2) is 48.4 Å². The van der Waals surface area contributed by atoms with Crippen LogP contribution in [0.5, 0.6) is 0 Å². The smallest absolute Gasteiger partial charge is 0.337 e. The van der Waals surface area contributed by atoms with E-state index in [1.54, 1.807) is 24.3 Å². The van der Waals surface area contributed by atoms with Crippen molar-refractivity contribution in [1.82, 2.24) is 15.2 Å². The van der Waals surface area contributed by atoms with Crippen LogP contribution >= 0.6 is 34.3 Å². The van der Waals surface area contributed by atoms with Gasteiger partial charge >= 0.3 is 5.97 Å². The number of amides is 2. The van der Waals surface area contributed by atoms with Crippen LogP contribution in [-0.2, 0) is 24.2 Å². The number of ether oxygens (including phenoxy) is 1. The number of benzene rings is 1. The van der Waals surface area contributed by atoms with Gasteiger partial charge in [0.1, 0.15) is 0 Å². The maximum atomic E-state index is 13.0. The van der Waals surface area contributed by atoms with Crippen molar-refractivity contribution in [1.29, 1.82) is 0 Å². The summed E-state index contributed by atoms with van der Waals surface area (Å²) in [5.41, 5.74) is 2.27. The average Bonchev–Trinajstić information content (AvgIpc) is 3.43. The summed E-state index contributed by atoms with van der Waals surface area (Å²) in [5.74, 6) is -1.17. The second-order valence-corrected chi connectivity index (χ2v) is 10.3. The van der Waals surface area contributed by atoms with Gasteiger partial charge < -0.3 is 20.3 Å². The molecule has 2 aromatic heterocycles. The van der Waals surface area contributed by atoms with Gasteiger partial charge in [-0.1, -0.05) is 17.7 Å². The maximum Gasteiger partial charge on any atom is 0.337 e. The molecule has 0 spiro atoms. The van der Waals surface area contributed by atoms with Gasteiger partial charge in [0, 0.05) is 36.6 Å². The number of anilines is 1. The van der Waals surface area contributed by atoms with Gasteiger partial charge in [-0.15, -0.1) is 22.7 Å². The standard InChI is InChI=1S/C22H21ClN4O4S2/c1-27-8-7-14-17(11-27)33-21(26-14)20(29)25-15-9-12(22(30)31-2)3-4-13(15)10-24-19(28)16-5-6-18(23)32-16/h3-6,9H,7-8,10-11H2,1-2H3,(H,24,28)(H,25,29). The van der Waals surface area contributed by atoms with Crippen LogP contribution in [0.1, 0.15) is 46.0 Å². The molecule has 0 saturated heterocycles. The first-order chi connectivity index (χ1) is 15.8. The number of thiophene rings is 1. The summed E-state index contributed by atoms with van der Waals surface area (Å²) in [6, 6.07) is 8.10. The van der Waals surface area contributed by atoms with E-state index >= 15 is 0 Å². The fourth-order valence-electron chi connectivity index (χ4n) is 3.39. The third-order valence-electron chi connectivity index (χ3n) is 5.13. The second kappa shape index (κ2) is 10.0. The van der Waals surface area contributed by atoms with Gasteiger partial charge in [0.2, 0.25) is 0 Å². The monoisotopic (exact) mass is 504 g/mol. The van der Waals surface area contributed by atoms with Crippen molar-refractivity contribution in [2.75, 3.05) is 26.0 Å². The van der Waals surface area contributed by atoms with Crippen molar-refractivity contribution < 1.29 is 19.1 Å². The van der Waals surface area contributed by atoms with E-state index in [4.69, 9.17) is 16.3 Å². The van der Waals surface area contributed by atoms with E-state index in [1.165, 1.54) is 35.8 Å². The SMILES string of the molecule is COC(=O)c1ccc(CNC(=O)c2ccc(Cl)s2)c(NC(=O)c2nc3c(s2)CN(C)CC3)c1. The average molecular weight is 505 g/mol. The summed E-state index contributed by atoms with van der Waals surface area (Å²) in [5, 5.41) is 6.03. The third kappa shape index (κ3) is 5.41. The Kier molecular flexibility index (Phi) is 7.08. The molecule has 0 fully saturated rings. The van der Waals surface area contributed by atoms with Gasteiger partial charge in [0.25, 0.3) is 11.8 Å². The summed E-state index contributed by atoms with van der Waals surface area (Å²) < 4.78 is 5.32. The number of esters is 1. The topological polar surface area (TPSA) is 101 Å². The van der Waals surface area contributed by atoms with Gasteiger partial charge in [0.15, 0.2) is 5.01 Å². The quantitative estimate of drug-likeness (QED) is 0.495. The fraction of sp³-hybridized carbons (Fsp3) is 0.273. The van der Waals surface area contributed by atoms with Gasteiger partial charge in [-0.2, -0.15) is 0 Å². The molecule has 0 saturated carbocycles. The van der Waals surface area contributed by atoms with E-state index in [9.17, 15) is 14.4 Å². The minimum absolute atomic E-state index is 0.143. The van der Waals surface area contributed by atoms with Crippen molar-refractivity contribution >= 4 is 57.7 Å². The summed E-state index contributed by atoms with van der Waals surface area (Å²) in [6.07, 6.45) is 0.803. The number of aromatic nitrogens is 1. The van der Waals surface area contributed by atoms with Crippen molar-refractivity contribution in [3.05, 3.63) is 66.3 Å². The first-order valence-corrected chi connectivity index (χ1v) is 12.1. The Morgan fingerprint density at radius 3 is 2.73 bits per heavy atom. The summed E-state index contributed by atoms with van der Waals surface area (Å²) in [6.45, 7) is 1.81. The van der Waals surface area contributed by atoms with Gasteiger partial charge in [-0.3, -0.25) is 9.59 Å². The number of nitrogens with zero attached hydrogens (tertiary/aromatic N) is 2. The molecule has 8 nitrogen and oxygen atoms in total. The number of likely N-dealkylation sites (N-methyl/N-ethyl adjacent to an activating group) is 1. The Morgan fingerprint density at radius 1 is 1.18 bits per heavy atom. The molecule has 3 aromatic rings. The Labute approximate surface area is 203 Å². The first-order valence-electron chi connectivity index (χ1n) is 10.1. The molecule has 1 aliphatic heterocycles. The Balaban J connectivity index is 1.55. The predicted molar refractivity (Wildman–Crippen MR) is 128 cm³/mol. The largest absolute Gasteiger partial charge is 0.465 e. The molecule has 2 amide bonds. The molecular formula is C22H21ClN4O4S2. The minimum Gasteiger partial charge on any atom is -0.465 e. The predicted octanol–water partition coefficient (Wildman–Crippen LogP) is 3.81. The van der Waals surface area contributed by atoms with E-state index in [0.29, 0.717) is 25.5 Å². The number of nitrogens with one attached hydrogen (secondary N) is 2. The molecule has 1 aromatic carbocycles. The molecular weight excluding hydrogens is 484 g/mol. The first kappa shape index (κ1) is 23.4. The minimum atomic E-state index is -0.526. The number of fused-ring (bicyclic) bond motifs is 1. The van der Waals surface area contributed by atoms with E-state index in [0.717, 1.165) is 30.1 Å². The summed E-state index contributed by atoms with van der Waals surface area (Å²) in [7, 11) is 3.32. The van der Waals surface area contributed by atoms with Crippen LogP contribution in [0.2, 0.25) is 4.34 Å². The second-order valence-electron chi connectivity index (χ2n) is 7.48. The van der Waals surface area contributed by atoms with Crippen molar-refractivity contribution in [2.45, 2.75) is 19.5 Å². The van der Waals surface area contributed by atoms with E-state index < -0.39 is 5.97 Å². The van der Waals surface area contributed by atoms with Crippen LogP contribution in [0.15, 0.2) is 30.3 Å². The van der Waals surface area contributed by atoms with Gasteiger partial charge in [0.05, 0.1) is 27.6 Å². The maximum absolute atomic E-state index is 13.0. The number of hydrogen-bond acceptors (Lipinski definition) is 8. The molecule has 0 unspecified atom stereocenters. The van der Waals surface area contributed by atoms with Crippen LogP contribution in [0.4, 0.5) is 5.69 Å². The lowest BCUT2D eigenvalue weighted by molar-refractivity contribution is 0.0600. The van der Waals surface area contributed by atoms with Crippen molar-refractivity contribution in [3.8, 4) is 0 Å². The molecule has 172 valence electrons. The lowest BCUT2D eigenvalue weighted by Crippen LogP contribution is -2.25. The molecule has 3 heterocycles. The highest BCUT2D eigenvalue weighted by atomic mass is 35.5. The highest BCUT2D eigenvalue weighted by Crippen LogP contribution is 2.26. The van der Waals surface area contributed by atoms with E-state index in [-0.39, 0.29) is 23.9 Å². The van der Waals surface area contributed by atoms with Crippen LogP contribution in [0.25, 0.3) is 0 Å². The van der Waals surface area contributed by atoms with Crippen molar-refractivity contribution in [3.63, 3.8) is 0 Å². The van der Waals surface area contributed by atoms with Crippen LogP contribution in [0.3, 0.4) is 0 Å². The van der Waals surface area contributed by atoms with Crippen LogP contribution < -0.4 is 10.6 Å². The third-order valence-corrected chi connectivity index (χ3v) is 7.44. The Bertz CT molecular complexity index is 1220. The number of halogens is 1. The molecule has 33 heavy (non-hydrogen) atoms. The van der Waals surface area contributed by atoms with Crippen LogP contribution in [0, 0.1) is 0 Å². The molecule has 11 heteroatoms. The lowest BCUT2D eigenvalue weighted by Gasteiger charge is -2.20. The Morgan fingerprint density at radius 2 is 2.00 bits per heavy atom. The molecule has 2 N–H and O–H groups in total. The summed E-state index contributed by atoms with van der Waals surface area (Å²) >= 11 is 8.45. The van der Waals surface area contributed by atoms with E-state index in [1.807, 2.05) is 7.05 Å².